The fraction of sp³-hybridized carbons (Fsp3) is 0.174. The van der Waals surface area contributed by atoms with E-state index in [1.165, 1.54) is 29.0 Å². The molecule has 0 saturated carbocycles. The van der Waals surface area contributed by atoms with Crippen molar-refractivity contribution in [2.75, 3.05) is 5.32 Å². The van der Waals surface area contributed by atoms with Gasteiger partial charge in [-0.25, -0.2) is 9.18 Å². The molecule has 3 rings (SSSR count). The molecule has 172 valence electrons. The maximum Gasteiger partial charge on any atom is 0.319 e. The smallest absolute Gasteiger partial charge is 0.319 e. The van der Waals surface area contributed by atoms with Crippen molar-refractivity contribution in [3.05, 3.63) is 92.6 Å². The minimum absolute atomic E-state index is 0.0281. The number of carbonyl (C=O) groups is 2. The van der Waals surface area contributed by atoms with Gasteiger partial charge >= 0.3 is 12.0 Å². The number of aryl methyl sites for hydroxylation is 1. The van der Waals surface area contributed by atoms with Crippen molar-refractivity contribution in [1.82, 2.24) is 9.88 Å². The quantitative estimate of drug-likeness (QED) is 0.412. The lowest BCUT2D eigenvalue weighted by atomic mass is 10.0. The molecule has 3 aromatic rings. The second-order valence-corrected chi connectivity index (χ2v) is 7.74. The molecule has 0 spiro atoms. The Bertz CT molecular complexity index is 1260. The third-order valence-electron chi connectivity index (χ3n) is 4.94. The van der Waals surface area contributed by atoms with Gasteiger partial charge in [-0.3, -0.25) is 9.59 Å². The summed E-state index contributed by atoms with van der Waals surface area (Å²) in [5.74, 6) is -2.39. The molecule has 8 nitrogen and oxygen atoms in total. The second-order valence-electron chi connectivity index (χ2n) is 7.33. The Labute approximate surface area is 193 Å². The Morgan fingerprint density at radius 3 is 2.48 bits per heavy atom. The van der Waals surface area contributed by atoms with E-state index in [1.54, 1.807) is 31.2 Å². The van der Waals surface area contributed by atoms with Gasteiger partial charge in [0, 0.05) is 22.3 Å². The van der Waals surface area contributed by atoms with Crippen molar-refractivity contribution >= 4 is 29.3 Å². The molecule has 0 aliphatic carbocycles. The fourth-order valence-electron chi connectivity index (χ4n) is 3.31. The van der Waals surface area contributed by atoms with Crippen molar-refractivity contribution in [3.63, 3.8) is 0 Å². The number of anilines is 1. The highest BCUT2D eigenvalue weighted by Crippen LogP contribution is 2.25. The number of halogens is 2. The number of aliphatic carboxylic acids is 1. The predicted octanol–water partition coefficient (Wildman–Crippen LogP) is 4.04. The van der Waals surface area contributed by atoms with Crippen LogP contribution in [-0.4, -0.2) is 26.8 Å². The number of hydrogen-bond donors (Lipinski definition) is 4. The molecular formula is C23H21ClFN3O5. The molecule has 0 radical (unpaired) electrons. The molecule has 1 aromatic heterocycles. The van der Waals surface area contributed by atoms with Gasteiger partial charge in [-0.15, -0.1) is 0 Å². The lowest BCUT2D eigenvalue weighted by Crippen LogP contribution is -2.36. The molecule has 0 bridgehead atoms. The molecule has 0 fully saturated rings. The fourth-order valence-corrected chi connectivity index (χ4v) is 3.51. The summed E-state index contributed by atoms with van der Waals surface area (Å²) >= 11 is 6.17. The van der Waals surface area contributed by atoms with E-state index in [4.69, 9.17) is 16.7 Å². The van der Waals surface area contributed by atoms with Crippen LogP contribution in [0.3, 0.4) is 0 Å². The number of nitrogens with one attached hydrogen (secondary N) is 2. The first kappa shape index (κ1) is 23.8. The Morgan fingerprint density at radius 1 is 1.15 bits per heavy atom. The first-order chi connectivity index (χ1) is 15.7. The van der Waals surface area contributed by atoms with Gasteiger partial charge in [0.15, 0.2) is 5.69 Å². The Hall–Kier alpha value is -3.85. The third-order valence-corrected chi connectivity index (χ3v) is 5.31. The summed E-state index contributed by atoms with van der Waals surface area (Å²) in [6.07, 6.45) is 0.835. The number of carboxylic acid groups (broad SMARTS) is 1. The van der Waals surface area contributed by atoms with E-state index in [0.717, 1.165) is 6.07 Å². The molecular weight excluding hydrogens is 453 g/mol. The molecule has 1 heterocycles. The van der Waals surface area contributed by atoms with E-state index in [-0.39, 0.29) is 12.1 Å². The van der Waals surface area contributed by atoms with Crippen LogP contribution in [-0.2, 0) is 11.3 Å². The number of aromatic nitrogens is 1. The molecule has 2 amide bonds. The van der Waals surface area contributed by atoms with Gasteiger partial charge < -0.3 is 25.4 Å². The Kier molecular flexibility index (Phi) is 7.34. The molecule has 0 unspecified atom stereocenters. The topological polar surface area (TPSA) is 121 Å². The number of carboxylic acids is 1. The van der Waals surface area contributed by atoms with Gasteiger partial charge in [0.25, 0.3) is 5.56 Å². The van der Waals surface area contributed by atoms with Gasteiger partial charge in [-0.2, -0.15) is 0 Å². The zero-order valence-electron chi connectivity index (χ0n) is 17.5. The van der Waals surface area contributed by atoms with Crippen LogP contribution in [0.4, 0.5) is 14.9 Å². The van der Waals surface area contributed by atoms with Crippen LogP contribution >= 0.6 is 11.6 Å². The van der Waals surface area contributed by atoms with E-state index in [9.17, 15) is 23.9 Å². The van der Waals surface area contributed by atoms with Crippen LogP contribution in [0.1, 0.15) is 29.2 Å². The average molecular weight is 474 g/mol. The molecule has 10 heteroatoms. The van der Waals surface area contributed by atoms with Crippen LogP contribution in [0, 0.1) is 12.7 Å². The van der Waals surface area contributed by atoms with Crippen molar-refractivity contribution in [2.24, 2.45) is 0 Å². The van der Waals surface area contributed by atoms with E-state index in [1.807, 2.05) is 0 Å². The Balaban J connectivity index is 1.88. The lowest BCUT2D eigenvalue weighted by Gasteiger charge is -2.19. The summed E-state index contributed by atoms with van der Waals surface area (Å²) in [5, 5.41) is 24.6. The van der Waals surface area contributed by atoms with Gasteiger partial charge in [0.2, 0.25) is 0 Å². The molecule has 0 aliphatic rings. The molecule has 2 aromatic carbocycles. The van der Waals surface area contributed by atoms with Crippen LogP contribution in [0.5, 0.6) is 5.75 Å². The number of benzene rings is 2. The highest BCUT2D eigenvalue weighted by atomic mass is 35.5. The van der Waals surface area contributed by atoms with Crippen LogP contribution in [0.25, 0.3) is 0 Å². The van der Waals surface area contributed by atoms with Crippen molar-refractivity contribution in [2.45, 2.75) is 25.9 Å². The monoisotopic (exact) mass is 473 g/mol. The Morgan fingerprint density at radius 2 is 1.82 bits per heavy atom. The largest absolute Gasteiger partial charge is 0.505 e. The average Bonchev–Trinajstić information content (AvgIpc) is 2.76. The first-order valence-corrected chi connectivity index (χ1v) is 10.2. The van der Waals surface area contributed by atoms with Crippen molar-refractivity contribution in [1.29, 1.82) is 0 Å². The summed E-state index contributed by atoms with van der Waals surface area (Å²) in [6, 6.07) is 10.2. The number of urea groups is 1. The maximum atomic E-state index is 14.2. The molecule has 0 saturated heterocycles. The summed E-state index contributed by atoms with van der Waals surface area (Å²) in [4.78, 5) is 36.8. The van der Waals surface area contributed by atoms with Crippen molar-refractivity contribution < 1.29 is 24.2 Å². The minimum atomic E-state index is -1.26. The molecule has 0 aliphatic heterocycles. The third kappa shape index (κ3) is 5.69. The number of aromatic hydroxyl groups is 1. The SMILES string of the molecule is Cc1cn(Cc2ccccc2Cl)c(=O)c(NC(=O)N[C@@H](CC(=O)O)c2ccccc2F)c1O. The van der Waals surface area contributed by atoms with E-state index >= 15 is 0 Å². The van der Waals surface area contributed by atoms with Crippen molar-refractivity contribution in [3.8, 4) is 5.75 Å². The number of hydrogen-bond acceptors (Lipinski definition) is 4. The predicted molar refractivity (Wildman–Crippen MR) is 121 cm³/mol. The highest BCUT2D eigenvalue weighted by Gasteiger charge is 2.23. The zero-order valence-corrected chi connectivity index (χ0v) is 18.3. The summed E-state index contributed by atoms with van der Waals surface area (Å²) < 4.78 is 15.4. The molecule has 4 N–H and O–H groups in total. The van der Waals surface area contributed by atoms with Gasteiger partial charge in [-0.05, 0) is 24.6 Å². The molecule has 1 atom stereocenters. The molecule has 33 heavy (non-hydrogen) atoms. The zero-order chi connectivity index (χ0) is 24.1. The minimum Gasteiger partial charge on any atom is -0.505 e. The first-order valence-electron chi connectivity index (χ1n) is 9.87. The summed E-state index contributed by atoms with van der Waals surface area (Å²) in [7, 11) is 0. The normalized spacial score (nSPS) is 11.6. The number of amides is 2. The number of rotatable bonds is 7. The number of pyridine rings is 1. The van der Waals surface area contributed by atoms with Gasteiger partial charge in [0.1, 0.15) is 11.6 Å². The van der Waals surface area contributed by atoms with Crippen LogP contribution in [0.2, 0.25) is 5.02 Å². The van der Waals surface area contributed by atoms with Crippen LogP contribution in [0.15, 0.2) is 59.5 Å². The number of carbonyl (C=O) groups excluding carboxylic acids is 1. The summed E-state index contributed by atoms with van der Waals surface area (Å²) in [5.41, 5.74) is -0.161. The second kappa shape index (κ2) is 10.2. The van der Waals surface area contributed by atoms with Gasteiger partial charge in [0.05, 0.1) is 19.0 Å². The summed E-state index contributed by atoms with van der Waals surface area (Å²) in [6.45, 7) is 1.64. The van der Waals surface area contributed by atoms with E-state index in [2.05, 4.69) is 10.6 Å². The maximum absolute atomic E-state index is 14.2. The lowest BCUT2D eigenvalue weighted by molar-refractivity contribution is -0.137. The van der Waals surface area contributed by atoms with Gasteiger partial charge in [-0.1, -0.05) is 48.0 Å². The number of nitrogens with zero attached hydrogens (tertiary/aromatic N) is 1. The standard InChI is InChI=1S/C23H21ClFN3O5/c1-13-11-28(12-14-6-2-4-8-16(14)24)22(32)20(21(13)31)27-23(33)26-18(10-19(29)30)15-7-3-5-9-17(15)25/h2-9,11,18,31H,10,12H2,1H3,(H,29,30)(H2,26,27,33)/t18-/m0/s1. The van der Waals surface area contributed by atoms with Crippen LogP contribution < -0.4 is 16.2 Å². The van der Waals surface area contributed by atoms with E-state index in [0.29, 0.717) is 16.1 Å². The highest BCUT2D eigenvalue weighted by molar-refractivity contribution is 6.31. The van der Waals surface area contributed by atoms with E-state index < -0.39 is 47.3 Å².